The van der Waals surface area contributed by atoms with Gasteiger partial charge in [-0.15, -0.1) is 0 Å². The number of aryl methyl sites for hydroxylation is 2. The van der Waals surface area contributed by atoms with E-state index in [2.05, 4.69) is 27.1 Å². The Kier molecular flexibility index (Phi) is 5.10. The maximum Gasteiger partial charge on any atom is 0.213 e. The van der Waals surface area contributed by atoms with E-state index in [-0.39, 0.29) is 0 Å². The molecule has 27 heavy (non-hydrogen) atoms. The van der Waals surface area contributed by atoms with E-state index in [4.69, 9.17) is 14.7 Å². The third-order valence-corrected chi connectivity index (χ3v) is 5.60. The van der Waals surface area contributed by atoms with Crippen LogP contribution < -0.4 is 4.74 Å². The monoisotopic (exact) mass is 367 g/mol. The second-order valence-corrected chi connectivity index (χ2v) is 7.52. The van der Waals surface area contributed by atoms with Gasteiger partial charge in [0, 0.05) is 44.9 Å². The van der Waals surface area contributed by atoms with E-state index in [1.165, 1.54) is 5.69 Å². The molecule has 2 aromatic rings. The maximum atomic E-state index is 8.81. The number of hydrogen-bond acceptors (Lipinski definition) is 6. The molecule has 142 valence electrons. The molecule has 7 nitrogen and oxygen atoms in total. The lowest BCUT2D eigenvalue weighted by molar-refractivity contribution is 0.0919. The van der Waals surface area contributed by atoms with Crippen molar-refractivity contribution in [3.8, 4) is 11.9 Å². The standard InChI is InChI=1S/C20H25N5O2/c1-14-7-17(24(2)23-14)10-25-11-18-16(13-27-19(18)12-25)5-6-26-20-4-3-15(8-21)9-22-20/h3-4,7,9,16,18-19H,5-6,10-13H2,1-2H3/t16-,18-,19-/m0/s1. The topological polar surface area (TPSA) is 76.2 Å². The Morgan fingerprint density at radius 1 is 1.37 bits per heavy atom. The zero-order valence-electron chi connectivity index (χ0n) is 15.8. The summed E-state index contributed by atoms with van der Waals surface area (Å²) in [6.07, 6.45) is 2.83. The van der Waals surface area contributed by atoms with Crippen molar-refractivity contribution >= 4 is 0 Å². The van der Waals surface area contributed by atoms with Crippen molar-refractivity contribution in [2.75, 3.05) is 26.3 Å². The molecule has 0 radical (unpaired) electrons. The minimum absolute atomic E-state index is 0.331. The molecule has 2 aliphatic rings. The molecule has 2 aliphatic heterocycles. The van der Waals surface area contributed by atoms with Gasteiger partial charge in [0.2, 0.25) is 5.88 Å². The average Bonchev–Trinajstić information content (AvgIpc) is 3.31. The first kappa shape index (κ1) is 18.0. The van der Waals surface area contributed by atoms with Crippen LogP contribution in [0.1, 0.15) is 23.4 Å². The number of aromatic nitrogens is 3. The summed E-state index contributed by atoms with van der Waals surface area (Å²) in [6, 6.07) is 7.70. The zero-order chi connectivity index (χ0) is 18.8. The van der Waals surface area contributed by atoms with Crippen molar-refractivity contribution in [2.45, 2.75) is 26.0 Å². The van der Waals surface area contributed by atoms with Gasteiger partial charge < -0.3 is 9.47 Å². The molecule has 0 aromatic carbocycles. The summed E-state index contributed by atoms with van der Waals surface area (Å²) in [6.45, 7) is 6.45. The summed E-state index contributed by atoms with van der Waals surface area (Å²) in [5, 5.41) is 13.3. The van der Waals surface area contributed by atoms with Crippen LogP contribution in [0.25, 0.3) is 0 Å². The summed E-state index contributed by atoms with van der Waals surface area (Å²) in [5.74, 6) is 1.66. The highest BCUT2D eigenvalue weighted by Crippen LogP contribution is 2.36. The van der Waals surface area contributed by atoms with Crippen LogP contribution in [-0.4, -0.2) is 52.1 Å². The first-order valence-corrected chi connectivity index (χ1v) is 9.45. The van der Waals surface area contributed by atoms with Crippen LogP contribution in [-0.2, 0) is 18.3 Å². The largest absolute Gasteiger partial charge is 0.478 e. The second-order valence-electron chi connectivity index (χ2n) is 7.52. The van der Waals surface area contributed by atoms with Crippen molar-refractivity contribution in [3.63, 3.8) is 0 Å². The Morgan fingerprint density at radius 3 is 2.96 bits per heavy atom. The van der Waals surface area contributed by atoms with Gasteiger partial charge >= 0.3 is 0 Å². The van der Waals surface area contributed by atoms with Crippen molar-refractivity contribution in [3.05, 3.63) is 41.3 Å². The number of rotatable bonds is 6. The highest BCUT2D eigenvalue weighted by Gasteiger charge is 2.43. The first-order chi connectivity index (χ1) is 13.1. The van der Waals surface area contributed by atoms with Gasteiger partial charge in [0.1, 0.15) is 6.07 Å². The number of nitriles is 1. The molecule has 3 atom stereocenters. The summed E-state index contributed by atoms with van der Waals surface area (Å²) in [7, 11) is 2.01. The van der Waals surface area contributed by atoms with Gasteiger partial charge in [-0.25, -0.2) is 4.98 Å². The summed E-state index contributed by atoms with van der Waals surface area (Å²) >= 11 is 0. The lowest BCUT2D eigenvalue weighted by Crippen LogP contribution is -2.25. The molecule has 4 heterocycles. The van der Waals surface area contributed by atoms with Gasteiger partial charge in [-0.1, -0.05) is 0 Å². The predicted octanol–water partition coefficient (Wildman–Crippen LogP) is 1.91. The molecule has 0 saturated carbocycles. The Balaban J connectivity index is 1.27. The SMILES string of the molecule is Cc1cc(CN2C[C@H]3[C@@H](CCOc4ccc(C#N)cn4)CO[C@H]3C2)n(C)n1. The summed E-state index contributed by atoms with van der Waals surface area (Å²) in [5.41, 5.74) is 2.86. The third-order valence-electron chi connectivity index (χ3n) is 5.60. The van der Waals surface area contributed by atoms with E-state index in [1.807, 2.05) is 18.7 Å². The van der Waals surface area contributed by atoms with Crippen molar-refractivity contribution in [1.29, 1.82) is 5.26 Å². The highest BCUT2D eigenvalue weighted by atomic mass is 16.5. The molecule has 2 fully saturated rings. The molecule has 0 N–H and O–H groups in total. The number of nitrogens with zero attached hydrogens (tertiary/aromatic N) is 5. The van der Waals surface area contributed by atoms with Crippen LogP contribution in [0.3, 0.4) is 0 Å². The predicted molar refractivity (Wildman–Crippen MR) is 99.0 cm³/mol. The van der Waals surface area contributed by atoms with Crippen molar-refractivity contribution < 1.29 is 9.47 Å². The van der Waals surface area contributed by atoms with Crippen molar-refractivity contribution in [2.24, 2.45) is 18.9 Å². The summed E-state index contributed by atoms with van der Waals surface area (Å²) in [4.78, 5) is 6.63. The smallest absolute Gasteiger partial charge is 0.213 e. The zero-order valence-corrected chi connectivity index (χ0v) is 15.8. The molecule has 0 unspecified atom stereocenters. The van der Waals surface area contributed by atoms with E-state index in [0.29, 0.717) is 36.0 Å². The normalized spacial score (nSPS) is 24.7. The van der Waals surface area contributed by atoms with Gasteiger partial charge in [-0.3, -0.25) is 9.58 Å². The Labute approximate surface area is 159 Å². The molecular weight excluding hydrogens is 342 g/mol. The Hall–Kier alpha value is -2.43. The van der Waals surface area contributed by atoms with Crippen LogP contribution in [0.5, 0.6) is 5.88 Å². The Morgan fingerprint density at radius 2 is 2.26 bits per heavy atom. The number of ether oxygens (including phenoxy) is 2. The van der Waals surface area contributed by atoms with Crippen molar-refractivity contribution in [1.82, 2.24) is 19.7 Å². The number of fused-ring (bicyclic) bond motifs is 1. The highest BCUT2D eigenvalue weighted by molar-refractivity contribution is 5.28. The number of likely N-dealkylation sites (tertiary alicyclic amines) is 1. The fraction of sp³-hybridized carbons (Fsp3) is 0.550. The fourth-order valence-corrected chi connectivity index (χ4v) is 4.19. The quantitative estimate of drug-likeness (QED) is 0.776. The van der Waals surface area contributed by atoms with Gasteiger partial charge in [0.25, 0.3) is 0 Å². The molecule has 0 spiro atoms. The van der Waals surface area contributed by atoms with E-state index in [1.54, 1.807) is 18.3 Å². The van der Waals surface area contributed by atoms with E-state index < -0.39 is 0 Å². The van der Waals surface area contributed by atoms with E-state index in [9.17, 15) is 0 Å². The minimum atomic E-state index is 0.331. The van der Waals surface area contributed by atoms with Crippen LogP contribution in [0, 0.1) is 30.1 Å². The van der Waals surface area contributed by atoms with E-state index in [0.717, 1.165) is 38.4 Å². The number of hydrogen-bond donors (Lipinski definition) is 0. The molecular formula is C20H25N5O2. The molecule has 7 heteroatoms. The molecule has 0 aliphatic carbocycles. The fourth-order valence-electron chi connectivity index (χ4n) is 4.19. The molecule has 2 aromatic heterocycles. The van der Waals surface area contributed by atoms with Gasteiger partial charge in [-0.2, -0.15) is 10.4 Å². The van der Waals surface area contributed by atoms with Crippen LogP contribution in [0.4, 0.5) is 0 Å². The van der Waals surface area contributed by atoms with Crippen LogP contribution in [0.2, 0.25) is 0 Å². The lowest BCUT2D eigenvalue weighted by Gasteiger charge is -2.19. The van der Waals surface area contributed by atoms with Gasteiger partial charge in [0.15, 0.2) is 0 Å². The average molecular weight is 367 g/mol. The molecule has 2 saturated heterocycles. The summed E-state index contributed by atoms with van der Waals surface area (Å²) < 4.78 is 13.8. The lowest BCUT2D eigenvalue weighted by atomic mass is 9.91. The maximum absolute atomic E-state index is 8.81. The van der Waals surface area contributed by atoms with E-state index >= 15 is 0 Å². The molecule has 0 amide bonds. The molecule has 4 rings (SSSR count). The van der Waals surface area contributed by atoms with Gasteiger partial charge in [-0.05, 0) is 31.4 Å². The minimum Gasteiger partial charge on any atom is -0.478 e. The van der Waals surface area contributed by atoms with Crippen LogP contribution >= 0.6 is 0 Å². The molecule has 0 bridgehead atoms. The first-order valence-electron chi connectivity index (χ1n) is 9.45. The Bertz CT molecular complexity index is 826. The second kappa shape index (κ2) is 7.67. The van der Waals surface area contributed by atoms with Gasteiger partial charge in [0.05, 0.1) is 36.3 Å². The third kappa shape index (κ3) is 3.97. The van der Waals surface area contributed by atoms with Crippen LogP contribution in [0.15, 0.2) is 24.4 Å². The number of pyridine rings is 1.